The molecule has 0 radical (unpaired) electrons. The smallest absolute Gasteiger partial charge is 0.467 e. The zero-order valence-electron chi connectivity index (χ0n) is 19.5. The van der Waals surface area contributed by atoms with Crippen LogP contribution in [0.1, 0.15) is 79.0 Å². The predicted octanol–water partition coefficient (Wildman–Crippen LogP) is 5.94. The summed E-state index contributed by atoms with van der Waals surface area (Å²) < 4.78 is 22.5. The van der Waals surface area contributed by atoms with Crippen LogP contribution in [0.5, 0.6) is 5.75 Å². The number of hydrogen-bond donors (Lipinski definition) is 2. The molecule has 6 heteroatoms. The second-order valence-corrected chi connectivity index (χ2v) is 9.76. The maximum Gasteiger partial charge on any atom is 0.511 e. The fraction of sp³-hybridized carbons (Fsp3) is 0.520. The highest BCUT2D eigenvalue weighted by atomic mass is 31.1. The summed E-state index contributed by atoms with van der Waals surface area (Å²) in [6.07, 6.45) is 1.10. The Hall–Kier alpha value is -1.78. The Labute approximate surface area is 187 Å². The lowest BCUT2D eigenvalue weighted by molar-refractivity contribution is 0.0502. The van der Waals surface area contributed by atoms with Crippen molar-refractivity contribution in [1.29, 1.82) is 0 Å². The molecule has 2 aromatic rings. The van der Waals surface area contributed by atoms with Gasteiger partial charge in [0.25, 0.3) is 0 Å². The van der Waals surface area contributed by atoms with Gasteiger partial charge in [-0.2, -0.15) is 4.89 Å². The van der Waals surface area contributed by atoms with Crippen LogP contribution in [0, 0.1) is 13.8 Å². The number of ether oxygens (including phenoxy) is 2. The summed E-state index contributed by atoms with van der Waals surface area (Å²) in [4.78, 5) is 9.64. The summed E-state index contributed by atoms with van der Waals surface area (Å²) in [7, 11) is -0.828. The number of aliphatic hydroxyl groups is 1. The molecule has 0 aromatic heterocycles. The molecule has 0 amide bonds. The van der Waals surface area contributed by atoms with Gasteiger partial charge in [0.15, 0.2) is 6.79 Å². The van der Waals surface area contributed by atoms with Crippen LogP contribution < -0.4 is 4.74 Å². The first-order valence-corrected chi connectivity index (χ1v) is 12.2. The van der Waals surface area contributed by atoms with Gasteiger partial charge < -0.3 is 14.6 Å². The van der Waals surface area contributed by atoms with Crippen LogP contribution in [0.3, 0.4) is 0 Å². The van der Waals surface area contributed by atoms with Crippen LogP contribution in [0.25, 0.3) is 0 Å². The fourth-order valence-corrected chi connectivity index (χ4v) is 4.89. The van der Waals surface area contributed by atoms with E-state index in [4.69, 9.17) is 9.47 Å². The number of hydrogen-bond acceptors (Lipinski definition) is 4. The molecule has 2 aromatic carbocycles. The third kappa shape index (κ3) is 6.60. The molecule has 0 spiro atoms. The van der Waals surface area contributed by atoms with E-state index in [1.54, 1.807) is 7.11 Å². The molecular weight excluding hydrogens is 411 g/mol. The Morgan fingerprint density at radius 2 is 1.74 bits per heavy atom. The van der Waals surface area contributed by atoms with Crippen molar-refractivity contribution in [3.63, 3.8) is 0 Å². The van der Waals surface area contributed by atoms with E-state index in [9.17, 15) is 14.6 Å². The van der Waals surface area contributed by atoms with Crippen LogP contribution in [0.15, 0.2) is 30.3 Å². The Bertz CT molecular complexity index is 870. The normalized spacial score (nSPS) is 13.9. The summed E-state index contributed by atoms with van der Waals surface area (Å²) in [6, 6.07) is 10.2. The van der Waals surface area contributed by atoms with Gasteiger partial charge in [-0.15, -0.1) is 0 Å². The van der Waals surface area contributed by atoms with Crippen molar-refractivity contribution in [2.45, 2.75) is 71.6 Å². The zero-order valence-corrected chi connectivity index (χ0v) is 20.4. The predicted molar refractivity (Wildman–Crippen MR) is 125 cm³/mol. The second-order valence-electron chi connectivity index (χ2n) is 8.49. The van der Waals surface area contributed by atoms with Crippen LogP contribution in [0.2, 0.25) is 0 Å². The first-order chi connectivity index (χ1) is 14.7. The summed E-state index contributed by atoms with van der Waals surface area (Å²) in [6.45, 7) is 10.5. The van der Waals surface area contributed by atoms with Crippen LogP contribution in [-0.2, 0) is 15.7 Å². The van der Waals surface area contributed by atoms with Crippen molar-refractivity contribution in [3.8, 4) is 5.75 Å². The minimum absolute atomic E-state index is 0.222. The average molecular weight is 448 g/mol. The van der Waals surface area contributed by atoms with Crippen molar-refractivity contribution in [1.82, 2.24) is 0 Å². The van der Waals surface area contributed by atoms with Crippen molar-refractivity contribution >= 4 is 8.03 Å². The number of rotatable bonds is 11. The maximum atomic E-state index is 11.7. The first kappa shape index (κ1) is 25.5. The molecule has 0 aliphatic heterocycles. The highest BCUT2D eigenvalue weighted by Crippen LogP contribution is 2.38. The molecule has 2 rings (SSSR count). The van der Waals surface area contributed by atoms with Gasteiger partial charge in [0.2, 0.25) is 5.66 Å². The van der Waals surface area contributed by atoms with Crippen LogP contribution in [-0.4, -0.2) is 29.6 Å². The van der Waals surface area contributed by atoms with Gasteiger partial charge in [0.05, 0.1) is 0 Å². The molecule has 170 valence electrons. The number of benzene rings is 2. The largest absolute Gasteiger partial charge is 0.511 e. The maximum absolute atomic E-state index is 11.7. The lowest BCUT2D eigenvalue weighted by atomic mass is 9.90. The summed E-state index contributed by atoms with van der Waals surface area (Å²) in [5, 5.41) is 10.7. The zero-order chi connectivity index (χ0) is 23.1. The standard InChI is InChI=1S/C25H35O5P/c1-7-8-24(31(27)28)25(26)20-11-17(4)22(18(5)12-20)14-19-9-10-23(30-15-29-6)21(13-19)16(2)3/h9-13,16,24-26H,7-8,14-15H2,1-6H3/p+1. The lowest BCUT2D eigenvalue weighted by Gasteiger charge is -2.19. The molecule has 0 aliphatic rings. The fourth-order valence-electron chi connectivity index (χ4n) is 4.00. The summed E-state index contributed by atoms with van der Waals surface area (Å²) in [5.74, 6) is 1.16. The molecule has 5 nitrogen and oxygen atoms in total. The molecule has 0 bridgehead atoms. The SMILES string of the molecule is CCCC(C(O)c1cc(C)c(Cc2ccc(OCOC)c(C(C)C)c2)c(C)c1)[P+](=O)O. The van der Waals surface area contributed by atoms with E-state index in [0.717, 1.165) is 35.3 Å². The number of methoxy groups -OCH3 is 1. The monoisotopic (exact) mass is 447 g/mol. The molecule has 0 fully saturated rings. The second kappa shape index (κ2) is 11.7. The van der Waals surface area contributed by atoms with Crippen LogP contribution >= 0.6 is 8.03 Å². The van der Waals surface area contributed by atoms with E-state index in [0.29, 0.717) is 17.9 Å². The van der Waals surface area contributed by atoms with E-state index < -0.39 is 19.8 Å². The molecule has 3 unspecified atom stereocenters. The van der Waals surface area contributed by atoms with Gasteiger partial charge in [-0.05, 0) is 76.6 Å². The summed E-state index contributed by atoms with van der Waals surface area (Å²) in [5.41, 5.74) is 5.75. The van der Waals surface area contributed by atoms with Crippen LogP contribution in [0.4, 0.5) is 0 Å². The molecular formula is C25H36O5P+. The Morgan fingerprint density at radius 3 is 2.26 bits per heavy atom. The third-order valence-electron chi connectivity index (χ3n) is 5.70. The Morgan fingerprint density at radius 1 is 1.10 bits per heavy atom. The first-order valence-electron chi connectivity index (χ1n) is 10.9. The lowest BCUT2D eigenvalue weighted by Crippen LogP contribution is -2.15. The Balaban J connectivity index is 2.32. The van der Waals surface area contributed by atoms with Crippen molar-refractivity contribution < 1.29 is 24.0 Å². The van der Waals surface area contributed by atoms with Gasteiger partial charge in [-0.1, -0.05) is 51.5 Å². The molecule has 0 saturated heterocycles. The minimum Gasteiger partial charge on any atom is -0.467 e. The highest BCUT2D eigenvalue weighted by molar-refractivity contribution is 7.39. The molecule has 2 N–H and O–H groups in total. The van der Waals surface area contributed by atoms with Crippen molar-refractivity contribution in [3.05, 3.63) is 63.7 Å². The molecule has 0 aliphatic carbocycles. The average Bonchev–Trinajstić information content (AvgIpc) is 2.72. The van der Waals surface area contributed by atoms with Crippen molar-refractivity contribution in [2.24, 2.45) is 0 Å². The minimum atomic E-state index is -2.44. The van der Waals surface area contributed by atoms with E-state index in [-0.39, 0.29) is 6.79 Å². The van der Waals surface area contributed by atoms with Crippen molar-refractivity contribution in [2.75, 3.05) is 13.9 Å². The highest BCUT2D eigenvalue weighted by Gasteiger charge is 2.36. The van der Waals surface area contributed by atoms with Gasteiger partial charge in [-0.3, -0.25) is 0 Å². The topological polar surface area (TPSA) is 76.0 Å². The van der Waals surface area contributed by atoms with Gasteiger partial charge in [-0.25, -0.2) is 0 Å². The Kier molecular flexibility index (Phi) is 9.64. The van der Waals surface area contributed by atoms with Gasteiger partial charge in [0.1, 0.15) is 11.9 Å². The molecule has 0 saturated carbocycles. The quantitative estimate of drug-likeness (QED) is 0.329. The molecule has 31 heavy (non-hydrogen) atoms. The molecule has 3 atom stereocenters. The van der Waals surface area contributed by atoms with E-state index in [1.165, 1.54) is 11.1 Å². The van der Waals surface area contributed by atoms with Gasteiger partial charge >= 0.3 is 8.03 Å². The summed E-state index contributed by atoms with van der Waals surface area (Å²) >= 11 is 0. The van der Waals surface area contributed by atoms with E-state index in [2.05, 4.69) is 26.0 Å². The van der Waals surface area contributed by atoms with E-state index in [1.807, 2.05) is 39.0 Å². The number of aryl methyl sites for hydroxylation is 2. The number of aliphatic hydroxyl groups excluding tert-OH is 1. The van der Waals surface area contributed by atoms with E-state index >= 15 is 0 Å². The molecule has 0 heterocycles. The van der Waals surface area contributed by atoms with Gasteiger partial charge in [0, 0.05) is 7.11 Å². The third-order valence-corrected chi connectivity index (χ3v) is 6.81.